The highest BCUT2D eigenvalue weighted by atomic mass is 19.1. The van der Waals surface area contributed by atoms with Gasteiger partial charge >= 0.3 is 0 Å². The van der Waals surface area contributed by atoms with Crippen molar-refractivity contribution in [2.24, 2.45) is 4.99 Å². The van der Waals surface area contributed by atoms with Gasteiger partial charge in [-0.15, -0.1) is 0 Å². The molecular weight excluding hydrogens is 379 g/mol. The first-order valence-corrected chi connectivity index (χ1v) is 10.2. The van der Waals surface area contributed by atoms with Crippen LogP contribution in [0.4, 0.5) is 10.1 Å². The van der Waals surface area contributed by atoms with Crippen molar-refractivity contribution in [3.8, 4) is 5.69 Å². The number of imidazole rings is 1. The van der Waals surface area contributed by atoms with Crippen molar-refractivity contribution < 1.29 is 4.39 Å². The number of hydrogen-bond acceptors (Lipinski definition) is 3. The first-order chi connectivity index (χ1) is 14.6. The van der Waals surface area contributed by atoms with Crippen molar-refractivity contribution in [1.29, 1.82) is 0 Å². The number of halogens is 1. The average molecular weight is 407 g/mol. The van der Waals surface area contributed by atoms with Crippen LogP contribution in [0, 0.1) is 12.7 Å². The van der Waals surface area contributed by atoms with Crippen molar-refractivity contribution in [1.82, 2.24) is 20.2 Å². The van der Waals surface area contributed by atoms with E-state index < -0.39 is 0 Å². The van der Waals surface area contributed by atoms with Gasteiger partial charge in [0.1, 0.15) is 11.6 Å². The van der Waals surface area contributed by atoms with E-state index in [1.165, 1.54) is 5.69 Å². The van der Waals surface area contributed by atoms with Crippen LogP contribution >= 0.6 is 0 Å². The van der Waals surface area contributed by atoms with Crippen LogP contribution in [-0.4, -0.2) is 41.7 Å². The fraction of sp³-hybridized carbons (Fsp3) is 0.304. The number of benzene rings is 2. The van der Waals surface area contributed by atoms with Crippen molar-refractivity contribution >= 4 is 11.6 Å². The summed E-state index contributed by atoms with van der Waals surface area (Å²) in [6, 6.07) is 16.0. The Bertz CT molecular complexity index is 1010. The fourth-order valence-corrected chi connectivity index (χ4v) is 3.81. The Kier molecular flexibility index (Phi) is 5.97. The lowest BCUT2D eigenvalue weighted by Gasteiger charge is -2.20. The number of nitrogens with one attached hydrogen (secondary N) is 2. The van der Waals surface area contributed by atoms with Gasteiger partial charge in [0, 0.05) is 50.8 Å². The Hall–Kier alpha value is -3.35. The molecule has 1 saturated heterocycles. The molecule has 0 spiro atoms. The lowest BCUT2D eigenvalue weighted by atomic mass is 10.2. The minimum atomic E-state index is -0.271. The molecule has 156 valence electrons. The predicted molar refractivity (Wildman–Crippen MR) is 119 cm³/mol. The Morgan fingerprint density at radius 3 is 2.77 bits per heavy atom. The third kappa shape index (κ3) is 4.45. The van der Waals surface area contributed by atoms with Crippen LogP contribution in [0.15, 0.2) is 65.9 Å². The molecule has 2 heterocycles. The lowest BCUT2D eigenvalue weighted by Crippen LogP contribution is -2.44. The second kappa shape index (κ2) is 8.98. The van der Waals surface area contributed by atoms with Gasteiger partial charge in [0.25, 0.3) is 0 Å². The molecule has 7 heteroatoms. The maximum absolute atomic E-state index is 14.6. The van der Waals surface area contributed by atoms with Crippen LogP contribution in [0.3, 0.4) is 0 Å². The molecule has 3 aromatic rings. The summed E-state index contributed by atoms with van der Waals surface area (Å²) in [7, 11) is 1.75. The number of aryl methyl sites for hydroxylation is 1. The van der Waals surface area contributed by atoms with Gasteiger partial charge in [-0.05, 0) is 43.2 Å². The number of nitrogens with zero attached hydrogens (tertiary/aromatic N) is 4. The molecule has 0 aliphatic carbocycles. The van der Waals surface area contributed by atoms with Crippen molar-refractivity contribution in [3.63, 3.8) is 0 Å². The molecule has 1 aliphatic rings. The number of rotatable bonds is 5. The van der Waals surface area contributed by atoms with E-state index in [0.29, 0.717) is 18.3 Å². The first kappa shape index (κ1) is 19.9. The van der Waals surface area contributed by atoms with Crippen LogP contribution < -0.4 is 15.5 Å². The third-order valence-corrected chi connectivity index (χ3v) is 5.43. The largest absolute Gasteiger partial charge is 0.369 e. The maximum atomic E-state index is 14.6. The van der Waals surface area contributed by atoms with Crippen LogP contribution in [0.1, 0.15) is 17.8 Å². The molecule has 1 aromatic heterocycles. The highest BCUT2D eigenvalue weighted by Gasteiger charge is 2.23. The molecular formula is C23H27FN6. The van der Waals surface area contributed by atoms with Crippen molar-refractivity contribution in [2.45, 2.75) is 25.9 Å². The number of para-hydroxylation sites is 1. The minimum Gasteiger partial charge on any atom is -0.369 e. The average Bonchev–Trinajstić information content (AvgIpc) is 3.41. The van der Waals surface area contributed by atoms with Gasteiger partial charge < -0.3 is 20.1 Å². The zero-order valence-corrected chi connectivity index (χ0v) is 17.3. The van der Waals surface area contributed by atoms with E-state index in [4.69, 9.17) is 0 Å². The van der Waals surface area contributed by atoms with Crippen LogP contribution in [0.2, 0.25) is 0 Å². The van der Waals surface area contributed by atoms with Gasteiger partial charge in [-0.1, -0.05) is 24.3 Å². The van der Waals surface area contributed by atoms with Gasteiger partial charge in [0.15, 0.2) is 5.96 Å². The molecule has 0 saturated carbocycles. The molecule has 0 amide bonds. The molecule has 0 bridgehead atoms. The van der Waals surface area contributed by atoms with E-state index in [0.717, 1.165) is 36.9 Å². The Labute approximate surface area is 176 Å². The van der Waals surface area contributed by atoms with Gasteiger partial charge in [0.05, 0.1) is 5.69 Å². The molecule has 1 atom stereocenters. The van der Waals surface area contributed by atoms with E-state index >= 15 is 0 Å². The molecule has 2 aromatic carbocycles. The summed E-state index contributed by atoms with van der Waals surface area (Å²) in [6.45, 7) is 4.29. The first-order valence-electron chi connectivity index (χ1n) is 10.2. The van der Waals surface area contributed by atoms with E-state index in [-0.39, 0.29) is 5.82 Å². The summed E-state index contributed by atoms with van der Waals surface area (Å²) in [4.78, 5) is 10.9. The van der Waals surface area contributed by atoms with Crippen molar-refractivity contribution in [3.05, 3.63) is 78.1 Å². The highest BCUT2D eigenvalue weighted by Crippen LogP contribution is 2.20. The highest BCUT2D eigenvalue weighted by molar-refractivity contribution is 5.80. The molecule has 0 radical (unpaired) electrons. The summed E-state index contributed by atoms with van der Waals surface area (Å²) in [5, 5.41) is 6.78. The van der Waals surface area contributed by atoms with Crippen LogP contribution in [-0.2, 0) is 6.54 Å². The standard InChI is InChI=1S/C23H27FN6/c1-17-26-11-13-30(17)22-9-8-18(14-21(22)24)15-27-23(25-2)28-19-10-12-29(16-19)20-6-4-3-5-7-20/h3-9,11,13-14,19H,10,12,15-16H2,1-2H3,(H2,25,27,28). The third-order valence-electron chi connectivity index (χ3n) is 5.43. The van der Waals surface area contributed by atoms with Crippen LogP contribution in [0.5, 0.6) is 0 Å². The smallest absolute Gasteiger partial charge is 0.191 e. The van der Waals surface area contributed by atoms with Gasteiger partial charge in [-0.3, -0.25) is 4.99 Å². The topological polar surface area (TPSA) is 57.5 Å². The molecule has 1 unspecified atom stereocenters. The van der Waals surface area contributed by atoms with E-state index in [9.17, 15) is 4.39 Å². The monoisotopic (exact) mass is 406 g/mol. The lowest BCUT2D eigenvalue weighted by molar-refractivity contribution is 0.612. The van der Waals surface area contributed by atoms with Crippen molar-refractivity contribution in [2.75, 3.05) is 25.0 Å². The SMILES string of the molecule is CN=C(NCc1ccc(-n2ccnc2C)c(F)c1)NC1CCN(c2ccccc2)C1. The van der Waals surface area contributed by atoms with Crippen LogP contribution in [0.25, 0.3) is 5.69 Å². The Morgan fingerprint density at radius 2 is 2.07 bits per heavy atom. The zero-order valence-electron chi connectivity index (χ0n) is 17.3. The number of anilines is 1. The normalized spacial score (nSPS) is 16.7. The van der Waals surface area contributed by atoms with E-state index in [1.54, 1.807) is 36.1 Å². The van der Waals surface area contributed by atoms with E-state index in [1.807, 2.05) is 19.1 Å². The number of aliphatic imine (C=N–C) groups is 1. The predicted octanol–water partition coefficient (Wildman–Crippen LogP) is 3.26. The Balaban J connectivity index is 1.33. The minimum absolute atomic E-state index is 0.271. The molecule has 2 N–H and O–H groups in total. The molecule has 4 rings (SSSR count). The summed E-state index contributed by atoms with van der Waals surface area (Å²) in [5.41, 5.74) is 2.60. The summed E-state index contributed by atoms with van der Waals surface area (Å²) < 4.78 is 16.3. The molecule has 6 nitrogen and oxygen atoms in total. The number of aromatic nitrogens is 2. The fourth-order valence-electron chi connectivity index (χ4n) is 3.81. The zero-order chi connectivity index (χ0) is 20.9. The van der Waals surface area contributed by atoms with Gasteiger partial charge in [0.2, 0.25) is 0 Å². The second-order valence-electron chi connectivity index (χ2n) is 7.47. The molecule has 1 aliphatic heterocycles. The number of guanidine groups is 1. The van der Waals surface area contributed by atoms with E-state index in [2.05, 4.69) is 49.8 Å². The summed E-state index contributed by atoms with van der Waals surface area (Å²) >= 11 is 0. The summed E-state index contributed by atoms with van der Waals surface area (Å²) in [5.74, 6) is 1.21. The maximum Gasteiger partial charge on any atom is 0.191 e. The Morgan fingerprint density at radius 1 is 1.23 bits per heavy atom. The molecule has 30 heavy (non-hydrogen) atoms. The summed E-state index contributed by atoms with van der Waals surface area (Å²) in [6.07, 6.45) is 4.47. The van der Waals surface area contributed by atoms with Gasteiger partial charge in [-0.25, -0.2) is 9.37 Å². The van der Waals surface area contributed by atoms with Gasteiger partial charge in [-0.2, -0.15) is 0 Å². The molecule has 1 fully saturated rings. The second-order valence-corrected chi connectivity index (χ2v) is 7.47. The number of hydrogen-bond donors (Lipinski definition) is 2. The quantitative estimate of drug-likeness (QED) is 0.504.